The van der Waals surface area contributed by atoms with E-state index in [4.69, 9.17) is 16.9 Å². The van der Waals surface area contributed by atoms with Crippen molar-refractivity contribution in [1.29, 1.82) is 5.26 Å². The molecule has 3 rings (SSSR count). The maximum absolute atomic E-state index is 12.6. The summed E-state index contributed by atoms with van der Waals surface area (Å²) in [4.78, 5) is 21.2. The number of nitrogens with one attached hydrogen (secondary N) is 1. The van der Waals surface area contributed by atoms with Crippen LogP contribution in [-0.4, -0.2) is 22.2 Å². The fourth-order valence-electron chi connectivity index (χ4n) is 2.71. The molecule has 1 aromatic heterocycles. The van der Waals surface area contributed by atoms with Crippen LogP contribution in [-0.2, 0) is 6.54 Å². The van der Waals surface area contributed by atoms with Gasteiger partial charge in [0.2, 0.25) is 0 Å². The van der Waals surface area contributed by atoms with Gasteiger partial charge in [-0.2, -0.15) is 5.26 Å². The molecule has 126 valence electrons. The first-order valence-corrected chi connectivity index (χ1v) is 9.16. The Kier molecular flexibility index (Phi) is 4.80. The summed E-state index contributed by atoms with van der Waals surface area (Å²) in [7, 11) is 0. The third-order valence-corrected chi connectivity index (χ3v) is 5.23. The van der Waals surface area contributed by atoms with E-state index in [1.165, 1.54) is 0 Å². The lowest BCUT2D eigenvalue weighted by atomic mass is 10.0. The van der Waals surface area contributed by atoms with Gasteiger partial charge in [0.1, 0.15) is 16.9 Å². The highest BCUT2D eigenvalue weighted by atomic mass is 35.5. The standard InChI is InChI=1S/C18H15ClN4OS/c1-9-10(2)15(23-16(19)14(9)7-20)17(24)22-12-5-4-11-8-21-18(25-3)13(11)6-12/h4-6H,8H2,1-3H3,(H,22,24). The number of rotatable bonds is 2. The fraction of sp³-hybridized carbons (Fsp3) is 0.222. The smallest absolute Gasteiger partial charge is 0.274 e. The predicted molar refractivity (Wildman–Crippen MR) is 102 cm³/mol. The molecule has 1 aliphatic heterocycles. The molecule has 0 spiro atoms. The van der Waals surface area contributed by atoms with Crippen LogP contribution in [0.25, 0.3) is 0 Å². The molecular weight excluding hydrogens is 356 g/mol. The van der Waals surface area contributed by atoms with E-state index in [0.29, 0.717) is 28.9 Å². The quantitative estimate of drug-likeness (QED) is 0.807. The first-order chi connectivity index (χ1) is 12.0. The number of anilines is 1. The van der Waals surface area contributed by atoms with Crippen LogP contribution in [0.1, 0.15) is 38.3 Å². The first-order valence-electron chi connectivity index (χ1n) is 7.56. The Hall–Kier alpha value is -2.36. The van der Waals surface area contributed by atoms with Gasteiger partial charge in [-0.15, -0.1) is 11.8 Å². The van der Waals surface area contributed by atoms with Crippen molar-refractivity contribution < 1.29 is 4.79 Å². The van der Waals surface area contributed by atoms with Crippen LogP contribution in [0.3, 0.4) is 0 Å². The molecule has 0 saturated heterocycles. The number of carbonyl (C=O) groups is 1. The van der Waals surface area contributed by atoms with Crippen molar-refractivity contribution in [3.8, 4) is 6.07 Å². The SMILES string of the molecule is CSC1=NCc2ccc(NC(=O)c3nc(Cl)c(C#N)c(C)c3C)cc21. The number of carbonyl (C=O) groups excluding carboxylic acids is 1. The van der Waals surface area contributed by atoms with Gasteiger partial charge in [-0.1, -0.05) is 17.7 Å². The molecule has 1 aromatic carbocycles. The van der Waals surface area contributed by atoms with E-state index in [-0.39, 0.29) is 16.8 Å². The Labute approximate surface area is 155 Å². The highest BCUT2D eigenvalue weighted by molar-refractivity contribution is 8.13. The van der Waals surface area contributed by atoms with Crippen LogP contribution < -0.4 is 5.32 Å². The lowest BCUT2D eigenvalue weighted by Crippen LogP contribution is -2.17. The van der Waals surface area contributed by atoms with Gasteiger partial charge in [0.25, 0.3) is 5.91 Å². The van der Waals surface area contributed by atoms with Crippen molar-refractivity contribution in [2.24, 2.45) is 4.99 Å². The molecule has 0 fully saturated rings. The number of halogens is 1. The third kappa shape index (κ3) is 3.13. The summed E-state index contributed by atoms with van der Waals surface area (Å²) in [5.74, 6) is -0.354. The number of aliphatic imine (C=N–C) groups is 1. The van der Waals surface area contributed by atoms with Gasteiger partial charge in [-0.25, -0.2) is 4.98 Å². The van der Waals surface area contributed by atoms with Gasteiger partial charge >= 0.3 is 0 Å². The lowest BCUT2D eigenvalue weighted by Gasteiger charge is -2.12. The number of nitriles is 1. The maximum atomic E-state index is 12.6. The number of hydrogen-bond donors (Lipinski definition) is 1. The molecule has 7 heteroatoms. The van der Waals surface area contributed by atoms with Gasteiger partial charge in [-0.3, -0.25) is 9.79 Å². The summed E-state index contributed by atoms with van der Waals surface area (Å²) in [5, 5.41) is 13.0. The average Bonchev–Trinajstić information content (AvgIpc) is 3.00. The molecule has 0 aliphatic carbocycles. The fourth-order valence-corrected chi connectivity index (χ4v) is 3.58. The van der Waals surface area contributed by atoms with Gasteiger partial charge in [0.05, 0.1) is 17.2 Å². The Morgan fingerprint density at radius 3 is 2.80 bits per heavy atom. The number of fused-ring (bicyclic) bond motifs is 1. The van der Waals surface area contributed by atoms with E-state index in [1.807, 2.05) is 30.5 Å². The van der Waals surface area contributed by atoms with Crippen molar-refractivity contribution in [3.63, 3.8) is 0 Å². The van der Waals surface area contributed by atoms with E-state index in [0.717, 1.165) is 16.2 Å². The Bertz CT molecular complexity index is 963. The van der Waals surface area contributed by atoms with Gasteiger partial charge < -0.3 is 5.32 Å². The van der Waals surface area contributed by atoms with E-state index < -0.39 is 0 Å². The molecular formula is C18H15ClN4OS. The minimum absolute atomic E-state index is 0.0431. The second kappa shape index (κ2) is 6.87. The highest BCUT2D eigenvalue weighted by Gasteiger charge is 2.20. The molecule has 25 heavy (non-hydrogen) atoms. The van der Waals surface area contributed by atoms with Crippen LogP contribution in [0.2, 0.25) is 5.15 Å². The molecule has 0 unspecified atom stereocenters. The summed E-state index contributed by atoms with van der Waals surface area (Å²) < 4.78 is 0. The molecule has 0 radical (unpaired) electrons. The van der Waals surface area contributed by atoms with Crippen LogP contribution in [0.4, 0.5) is 5.69 Å². The summed E-state index contributed by atoms with van der Waals surface area (Å²) >= 11 is 7.62. The number of amides is 1. The minimum Gasteiger partial charge on any atom is -0.321 e. The molecule has 2 heterocycles. The van der Waals surface area contributed by atoms with Crippen molar-refractivity contribution in [2.45, 2.75) is 20.4 Å². The normalized spacial score (nSPS) is 12.4. The third-order valence-electron chi connectivity index (χ3n) is 4.22. The van der Waals surface area contributed by atoms with Gasteiger partial charge in [0.15, 0.2) is 0 Å². The average molecular weight is 371 g/mol. The zero-order chi connectivity index (χ0) is 18.1. The minimum atomic E-state index is -0.354. The van der Waals surface area contributed by atoms with Crippen molar-refractivity contribution in [2.75, 3.05) is 11.6 Å². The maximum Gasteiger partial charge on any atom is 0.274 e. The topological polar surface area (TPSA) is 78.1 Å². The summed E-state index contributed by atoms with van der Waals surface area (Å²) in [5.41, 5.74) is 4.70. The second-order valence-electron chi connectivity index (χ2n) is 5.64. The molecule has 0 atom stereocenters. The van der Waals surface area contributed by atoms with Crippen molar-refractivity contribution in [1.82, 2.24) is 4.98 Å². The molecule has 0 saturated carbocycles. The van der Waals surface area contributed by atoms with Gasteiger partial charge in [0, 0.05) is 11.3 Å². The zero-order valence-electron chi connectivity index (χ0n) is 14.0. The number of aromatic nitrogens is 1. The summed E-state index contributed by atoms with van der Waals surface area (Å²) in [6, 6.07) is 7.76. The van der Waals surface area contributed by atoms with E-state index in [2.05, 4.69) is 15.3 Å². The van der Waals surface area contributed by atoms with Gasteiger partial charge in [-0.05, 0) is 48.9 Å². The van der Waals surface area contributed by atoms with Crippen LogP contribution in [0.5, 0.6) is 0 Å². The molecule has 1 N–H and O–H groups in total. The van der Waals surface area contributed by atoms with Crippen LogP contribution in [0.15, 0.2) is 23.2 Å². The Morgan fingerprint density at radius 1 is 1.36 bits per heavy atom. The molecule has 1 amide bonds. The van der Waals surface area contributed by atoms with E-state index in [9.17, 15) is 4.79 Å². The van der Waals surface area contributed by atoms with Crippen LogP contribution in [0, 0.1) is 25.2 Å². The van der Waals surface area contributed by atoms with Crippen LogP contribution >= 0.6 is 23.4 Å². The van der Waals surface area contributed by atoms with Crippen molar-refractivity contribution in [3.05, 3.63) is 56.9 Å². The molecule has 2 aromatic rings. The second-order valence-corrected chi connectivity index (χ2v) is 6.79. The number of thioether (sulfide) groups is 1. The number of nitrogens with zero attached hydrogens (tertiary/aromatic N) is 3. The molecule has 5 nitrogen and oxygen atoms in total. The van der Waals surface area contributed by atoms with Crippen molar-refractivity contribution >= 4 is 40.0 Å². The Morgan fingerprint density at radius 2 is 2.12 bits per heavy atom. The number of pyridine rings is 1. The Balaban J connectivity index is 1.92. The predicted octanol–water partition coefficient (Wildman–Crippen LogP) is 4.10. The first kappa shape index (κ1) is 17.5. The molecule has 0 bridgehead atoms. The van der Waals surface area contributed by atoms with E-state index >= 15 is 0 Å². The largest absolute Gasteiger partial charge is 0.321 e. The lowest BCUT2D eigenvalue weighted by molar-refractivity contribution is 0.102. The summed E-state index contributed by atoms with van der Waals surface area (Å²) in [6.07, 6.45) is 1.98. The molecule has 1 aliphatic rings. The monoisotopic (exact) mass is 370 g/mol. The number of benzene rings is 1. The van der Waals surface area contributed by atoms with E-state index in [1.54, 1.807) is 25.6 Å². The zero-order valence-corrected chi connectivity index (χ0v) is 15.5. The summed E-state index contributed by atoms with van der Waals surface area (Å²) in [6.45, 7) is 4.19. The number of hydrogen-bond acceptors (Lipinski definition) is 5. The highest BCUT2D eigenvalue weighted by Crippen LogP contribution is 2.28.